The van der Waals surface area contributed by atoms with E-state index in [2.05, 4.69) is 4.90 Å². The zero-order chi connectivity index (χ0) is 29.2. The second-order valence-electron chi connectivity index (χ2n) is 11.2. The van der Waals surface area contributed by atoms with Gasteiger partial charge in [-0.05, 0) is 82.9 Å². The molecule has 0 amide bonds. The lowest BCUT2D eigenvalue weighted by atomic mass is 9.91. The van der Waals surface area contributed by atoms with Crippen LogP contribution in [0.4, 0.5) is 10.5 Å². The van der Waals surface area contributed by atoms with E-state index >= 15 is 0 Å². The van der Waals surface area contributed by atoms with E-state index < -0.39 is 17.7 Å². The van der Waals surface area contributed by atoms with E-state index in [1.807, 2.05) is 58.9 Å². The van der Waals surface area contributed by atoms with Crippen LogP contribution in [-0.2, 0) is 20.8 Å². The third-order valence-electron chi connectivity index (χ3n) is 7.33. The van der Waals surface area contributed by atoms with Crippen LogP contribution in [0, 0.1) is 6.92 Å². The molecule has 0 unspecified atom stereocenters. The molecule has 40 heavy (non-hydrogen) atoms. The quantitative estimate of drug-likeness (QED) is 0.288. The molecule has 9 heteroatoms. The molecule has 2 atom stereocenters. The number of hydrogen-bond donors (Lipinski definition) is 1. The van der Waals surface area contributed by atoms with E-state index in [-0.39, 0.29) is 12.1 Å². The topological polar surface area (TPSA) is 105 Å². The number of aromatic nitrogens is 1. The van der Waals surface area contributed by atoms with Crippen LogP contribution in [0.3, 0.4) is 0 Å². The maximum Gasteiger partial charge on any atom is 0.419 e. The number of nitrogen functional groups attached to an aromatic ring is 1. The van der Waals surface area contributed by atoms with Gasteiger partial charge in [0.15, 0.2) is 0 Å². The number of anilines is 1. The van der Waals surface area contributed by atoms with Gasteiger partial charge in [0.25, 0.3) is 0 Å². The highest BCUT2D eigenvalue weighted by Crippen LogP contribution is 2.39. The zero-order valence-corrected chi connectivity index (χ0v) is 24.6. The number of ether oxygens (including phenoxy) is 4. The van der Waals surface area contributed by atoms with Gasteiger partial charge >= 0.3 is 12.1 Å². The Morgan fingerprint density at radius 3 is 2.50 bits per heavy atom. The molecule has 9 nitrogen and oxygen atoms in total. The number of hydrogen-bond acceptors (Lipinski definition) is 8. The summed E-state index contributed by atoms with van der Waals surface area (Å²) in [6, 6.07) is 9.45. The third kappa shape index (κ3) is 6.10. The minimum absolute atomic E-state index is 0.00621. The highest BCUT2D eigenvalue weighted by molar-refractivity contribution is 5.96. The molecule has 2 N–H and O–H groups in total. The zero-order valence-electron chi connectivity index (χ0n) is 24.6. The fourth-order valence-corrected chi connectivity index (χ4v) is 5.56. The highest BCUT2D eigenvalue weighted by atomic mass is 16.6. The van der Waals surface area contributed by atoms with Crippen LogP contribution in [0.2, 0.25) is 0 Å². The largest absolute Gasteiger partial charge is 0.496 e. The maximum absolute atomic E-state index is 13.0. The van der Waals surface area contributed by atoms with E-state index in [1.54, 1.807) is 23.9 Å². The Morgan fingerprint density at radius 1 is 1.12 bits per heavy atom. The molecule has 1 aliphatic rings. The van der Waals surface area contributed by atoms with Crippen molar-refractivity contribution < 1.29 is 28.5 Å². The molecule has 1 aromatic heterocycles. The van der Waals surface area contributed by atoms with Crippen LogP contribution in [0.25, 0.3) is 10.9 Å². The first-order valence-electron chi connectivity index (χ1n) is 13.7. The first kappa shape index (κ1) is 29.4. The van der Waals surface area contributed by atoms with Crippen molar-refractivity contribution in [2.75, 3.05) is 33.1 Å². The first-order valence-corrected chi connectivity index (χ1v) is 13.7. The van der Waals surface area contributed by atoms with Crippen molar-refractivity contribution >= 4 is 28.7 Å². The molecule has 0 spiro atoms. The number of nitrogens with two attached hydrogens (primary N) is 1. The number of likely N-dealkylation sites (tertiary alicyclic amines) is 1. The summed E-state index contributed by atoms with van der Waals surface area (Å²) in [4.78, 5) is 27.6. The lowest BCUT2D eigenvalue weighted by molar-refractivity contribution is -0.0138. The van der Waals surface area contributed by atoms with Crippen molar-refractivity contribution in [1.82, 2.24) is 9.47 Å². The molecule has 3 aromatic rings. The van der Waals surface area contributed by atoms with Gasteiger partial charge in [0.1, 0.15) is 11.4 Å². The fraction of sp³-hybridized carbons (Fsp3) is 0.484. The van der Waals surface area contributed by atoms with Crippen LogP contribution in [0.15, 0.2) is 36.5 Å². The first-order chi connectivity index (χ1) is 19.0. The number of nitrogens with zero attached hydrogens (tertiary/aromatic N) is 2. The molecule has 0 aliphatic carbocycles. The number of methoxy groups -OCH3 is 2. The van der Waals surface area contributed by atoms with Crippen molar-refractivity contribution in [3.8, 4) is 5.75 Å². The van der Waals surface area contributed by atoms with Crippen LogP contribution in [0.1, 0.15) is 73.6 Å². The Balaban J connectivity index is 1.75. The van der Waals surface area contributed by atoms with E-state index in [0.29, 0.717) is 24.4 Å². The minimum atomic E-state index is -0.611. The Hall–Kier alpha value is -3.56. The van der Waals surface area contributed by atoms with Gasteiger partial charge in [0, 0.05) is 48.6 Å². The molecular formula is C31H41N3O6. The number of carbonyl (C=O) groups is 2. The van der Waals surface area contributed by atoms with Crippen molar-refractivity contribution in [3.63, 3.8) is 0 Å². The summed E-state index contributed by atoms with van der Waals surface area (Å²) in [7, 11) is 3.01. The number of carbonyl (C=O) groups excluding carboxylic acids is 2. The van der Waals surface area contributed by atoms with E-state index in [4.69, 9.17) is 24.7 Å². The van der Waals surface area contributed by atoms with Gasteiger partial charge in [-0.2, -0.15) is 0 Å². The number of piperidine rings is 1. The standard InChI is InChI=1S/C31H41N3O6/c1-8-39-21-11-13-33(26(17-21)20-9-10-23(25(32)16-20)29(35)38-7)18-24-22-12-14-34(30(36)40-31(3,4)5)28(22)19(2)15-27(24)37-6/h9-10,12,14-16,21,26H,8,11,13,17-18,32H2,1-7H3/t21-,26+/m0/s1. The van der Waals surface area contributed by atoms with Crippen LogP contribution < -0.4 is 10.5 Å². The molecule has 2 heterocycles. The molecule has 1 fully saturated rings. The molecule has 1 aliphatic heterocycles. The smallest absolute Gasteiger partial charge is 0.419 e. The normalized spacial score (nSPS) is 18.1. The van der Waals surface area contributed by atoms with Crippen molar-refractivity contribution in [2.45, 2.75) is 71.8 Å². The fourth-order valence-electron chi connectivity index (χ4n) is 5.56. The molecule has 0 bridgehead atoms. The second-order valence-corrected chi connectivity index (χ2v) is 11.2. The summed E-state index contributed by atoms with van der Waals surface area (Å²) in [6.07, 6.45) is 3.12. The van der Waals surface area contributed by atoms with Crippen LogP contribution in [0.5, 0.6) is 5.75 Å². The molecule has 0 radical (unpaired) electrons. The summed E-state index contributed by atoms with van der Waals surface area (Å²) in [6.45, 7) is 11.6. The van der Waals surface area contributed by atoms with Gasteiger partial charge in [-0.3, -0.25) is 9.47 Å². The Kier molecular flexibility index (Phi) is 8.75. The SMILES string of the molecule is CCO[C@H]1CCN(Cc2c(OC)cc(C)c3c2ccn3C(=O)OC(C)(C)C)[C@@H](c2ccc(C(=O)OC)c(N)c2)C1. The predicted molar refractivity (Wildman–Crippen MR) is 155 cm³/mol. The summed E-state index contributed by atoms with van der Waals surface area (Å²) in [5.74, 6) is 0.302. The maximum atomic E-state index is 13.0. The van der Waals surface area contributed by atoms with E-state index in [9.17, 15) is 9.59 Å². The summed E-state index contributed by atoms with van der Waals surface area (Å²) < 4.78 is 24.0. The van der Waals surface area contributed by atoms with Crippen LogP contribution >= 0.6 is 0 Å². The average Bonchev–Trinajstić information content (AvgIpc) is 3.36. The lowest BCUT2D eigenvalue weighted by Crippen LogP contribution is -2.39. The molecule has 1 saturated heterocycles. The van der Waals surface area contributed by atoms with Gasteiger partial charge in [-0.1, -0.05) is 6.07 Å². The number of esters is 1. The van der Waals surface area contributed by atoms with Gasteiger partial charge in [-0.15, -0.1) is 0 Å². The van der Waals surface area contributed by atoms with Gasteiger partial charge in [0.05, 0.1) is 31.4 Å². The minimum Gasteiger partial charge on any atom is -0.496 e. The molecule has 216 valence electrons. The average molecular weight is 552 g/mol. The van der Waals surface area contributed by atoms with E-state index in [0.717, 1.165) is 52.7 Å². The summed E-state index contributed by atoms with van der Waals surface area (Å²) >= 11 is 0. The number of benzene rings is 2. The van der Waals surface area contributed by atoms with Gasteiger partial charge in [-0.25, -0.2) is 9.59 Å². The van der Waals surface area contributed by atoms with Crippen molar-refractivity contribution in [2.24, 2.45) is 0 Å². The van der Waals surface area contributed by atoms with Gasteiger partial charge < -0.3 is 24.7 Å². The predicted octanol–water partition coefficient (Wildman–Crippen LogP) is 5.85. The lowest BCUT2D eigenvalue weighted by Gasteiger charge is -2.40. The number of fused-ring (bicyclic) bond motifs is 1. The van der Waals surface area contributed by atoms with Gasteiger partial charge in [0.2, 0.25) is 0 Å². The van der Waals surface area contributed by atoms with E-state index in [1.165, 1.54) is 7.11 Å². The van der Waals surface area contributed by atoms with Crippen LogP contribution in [-0.4, -0.2) is 60.6 Å². The number of rotatable bonds is 7. The Bertz CT molecular complexity index is 1390. The van der Waals surface area contributed by atoms with Crippen molar-refractivity contribution in [1.29, 1.82) is 0 Å². The monoisotopic (exact) mass is 551 g/mol. The number of aryl methyl sites for hydroxylation is 1. The Labute approximate surface area is 236 Å². The Morgan fingerprint density at radius 2 is 1.88 bits per heavy atom. The molecule has 4 rings (SSSR count). The van der Waals surface area contributed by atoms with Crippen molar-refractivity contribution in [3.05, 3.63) is 58.8 Å². The summed E-state index contributed by atoms with van der Waals surface area (Å²) in [5, 5.41) is 0.939. The molecular weight excluding hydrogens is 510 g/mol. The second kappa shape index (κ2) is 11.9. The molecule has 2 aromatic carbocycles. The molecule has 0 saturated carbocycles. The summed E-state index contributed by atoms with van der Waals surface area (Å²) in [5.41, 5.74) is 10.1. The highest BCUT2D eigenvalue weighted by Gasteiger charge is 2.32. The third-order valence-corrected chi connectivity index (χ3v) is 7.33.